The zero-order chi connectivity index (χ0) is 19.3. The van der Waals surface area contributed by atoms with Gasteiger partial charge in [0.15, 0.2) is 5.11 Å². The number of ether oxygens (including phenoxy) is 1. The summed E-state index contributed by atoms with van der Waals surface area (Å²) in [5, 5.41) is 3.91. The number of hydrogen-bond donors (Lipinski definition) is 3. The van der Waals surface area contributed by atoms with Crippen LogP contribution in [-0.2, 0) is 9.53 Å². The van der Waals surface area contributed by atoms with Crippen molar-refractivity contribution >= 4 is 40.5 Å². The van der Waals surface area contributed by atoms with Crippen LogP contribution < -0.4 is 16.2 Å². The van der Waals surface area contributed by atoms with Gasteiger partial charge in [-0.15, -0.1) is 0 Å². The highest BCUT2D eigenvalue weighted by atomic mass is 35.5. The lowest BCUT2D eigenvalue weighted by Crippen LogP contribution is -2.48. The molecule has 1 aliphatic rings. The number of thiocarbonyl (C=S) groups is 1. The maximum atomic E-state index is 12.0. The molecule has 1 aromatic rings. The molecular weight excluding hydrogens is 372 g/mol. The van der Waals surface area contributed by atoms with Crippen LogP contribution in [0.15, 0.2) is 12.1 Å². The third-order valence-electron chi connectivity index (χ3n) is 4.14. The van der Waals surface area contributed by atoms with Gasteiger partial charge in [0.25, 0.3) is 0 Å². The largest absolute Gasteiger partial charge is 0.373 e. The van der Waals surface area contributed by atoms with E-state index in [1.54, 1.807) is 0 Å². The molecule has 0 aromatic heterocycles. The number of nitrogens with zero attached hydrogens (tertiary/aromatic N) is 1. The Hall–Kier alpha value is -1.41. The first-order valence-corrected chi connectivity index (χ1v) is 9.53. The highest BCUT2D eigenvalue weighted by Gasteiger charge is 2.22. The lowest BCUT2D eigenvalue weighted by Gasteiger charge is -2.35. The summed E-state index contributed by atoms with van der Waals surface area (Å²) in [5.74, 6) is -0.118. The molecule has 0 spiro atoms. The maximum absolute atomic E-state index is 12.0. The van der Waals surface area contributed by atoms with Crippen molar-refractivity contribution in [3.63, 3.8) is 0 Å². The van der Waals surface area contributed by atoms with Gasteiger partial charge in [-0.3, -0.25) is 20.5 Å². The number of carbonyl (C=O) groups excluding carboxylic acids is 1. The monoisotopic (exact) mass is 398 g/mol. The quantitative estimate of drug-likeness (QED) is 0.535. The minimum atomic E-state index is -0.118. The second-order valence-corrected chi connectivity index (χ2v) is 7.65. The van der Waals surface area contributed by atoms with Gasteiger partial charge in [0.1, 0.15) is 0 Å². The molecule has 0 unspecified atom stereocenters. The zero-order valence-corrected chi connectivity index (χ0v) is 17.3. The number of morpholine rings is 1. The zero-order valence-electron chi connectivity index (χ0n) is 15.7. The summed E-state index contributed by atoms with van der Waals surface area (Å²) in [6, 6.07) is 3.88. The van der Waals surface area contributed by atoms with E-state index in [1.165, 1.54) is 0 Å². The van der Waals surface area contributed by atoms with Crippen LogP contribution in [0.1, 0.15) is 31.4 Å². The highest BCUT2D eigenvalue weighted by Crippen LogP contribution is 2.27. The molecule has 1 aromatic carbocycles. The predicted molar refractivity (Wildman–Crippen MR) is 109 cm³/mol. The third-order valence-corrected chi connectivity index (χ3v) is 4.64. The summed E-state index contributed by atoms with van der Waals surface area (Å²) in [4.78, 5) is 14.3. The van der Waals surface area contributed by atoms with Gasteiger partial charge < -0.3 is 10.1 Å². The van der Waals surface area contributed by atoms with Crippen molar-refractivity contribution in [2.24, 2.45) is 0 Å². The fourth-order valence-electron chi connectivity index (χ4n) is 3.13. The fourth-order valence-corrected chi connectivity index (χ4v) is 3.66. The number of halogens is 1. The Kier molecular flexibility index (Phi) is 7.64. The van der Waals surface area contributed by atoms with Crippen molar-refractivity contribution in [2.75, 3.05) is 25.0 Å². The third kappa shape index (κ3) is 6.39. The lowest BCUT2D eigenvalue weighted by molar-refractivity contribution is -0.123. The number of anilines is 1. The van der Waals surface area contributed by atoms with E-state index in [9.17, 15) is 4.79 Å². The van der Waals surface area contributed by atoms with Crippen LogP contribution in [0.2, 0.25) is 5.02 Å². The number of amides is 1. The molecule has 0 bridgehead atoms. The van der Waals surface area contributed by atoms with E-state index in [4.69, 9.17) is 28.6 Å². The summed E-state index contributed by atoms with van der Waals surface area (Å²) >= 11 is 11.5. The van der Waals surface area contributed by atoms with Gasteiger partial charge in [0.2, 0.25) is 5.91 Å². The molecular formula is C18H27ClN4O2S. The average Bonchev–Trinajstić information content (AvgIpc) is 2.53. The van der Waals surface area contributed by atoms with Gasteiger partial charge in [0.05, 0.1) is 22.9 Å². The van der Waals surface area contributed by atoms with Crippen LogP contribution >= 0.6 is 23.8 Å². The van der Waals surface area contributed by atoms with Crippen LogP contribution in [0.3, 0.4) is 0 Å². The average molecular weight is 399 g/mol. The Balaban J connectivity index is 1.74. The van der Waals surface area contributed by atoms with Crippen LogP contribution in [0.4, 0.5) is 5.69 Å². The van der Waals surface area contributed by atoms with Crippen molar-refractivity contribution in [2.45, 2.75) is 46.3 Å². The number of hydrogen-bond acceptors (Lipinski definition) is 4. The van der Waals surface area contributed by atoms with E-state index in [0.717, 1.165) is 29.9 Å². The van der Waals surface area contributed by atoms with E-state index in [0.29, 0.717) is 23.1 Å². The number of rotatable bonds is 4. The van der Waals surface area contributed by atoms with Gasteiger partial charge in [0, 0.05) is 26.1 Å². The minimum absolute atomic E-state index is 0.118. The molecule has 2 atom stereocenters. The first-order valence-electron chi connectivity index (χ1n) is 8.75. The lowest BCUT2D eigenvalue weighted by atomic mass is 10.1. The molecule has 6 nitrogen and oxygen atoms in total. The van der Waals surface area contributed by atoms with Gasteiger partial charge in [-0.05, 0) is 57.1 Å². The smallest absolute Gasteiger partial charge is 0.239 e. The minimum Gasteiger partial charge on any atom is -0.373 e. The van der Waals surface area contributed by atoms with Crippen LogP contribution in [0.25, 0.3) is 0 Å². The van der Waals surface area contributed by atoms with Crippen molar-refractivity contribution in [3.05, 3.63) is 28.3 Å². The van der Waals surface area contributed by atoms with E-state index >= 15 is 0 Å². The van der Waals surface area contributed by atoms with Crippen molar-refractivity contribution < 1.29 is 9.53 Å². The van der Waals surface area contributed by atoms with Gasteiger partial charge in [-0.1, -0.05) is 17.7 Å². The van der Waals surface area contributed by atoms with Crippen molar-refractivity contribution in [1.82, 2.24) is 15.8 Å². The molecule has 0 saturated carbocycles. The van der Waals surface area contributed by atoms with Gasteiger partial charge in [-0.25, -0.2) is 0 Å². The Morgan fingerprint density at radius 2 is 1.92 bits per heavy atom. The molecule has 1 fully saturated rings. The number of hydrazine groups is 1. The van der Waals surface area contributed by atoms with Crippen LogP contribution in [0, 0.1) is 13.8 Å². The standard InChI is InChI=1S/C18H27ClN4O2S/c1-11-7-12(2)17(15(19)8-11)20-18(26)22-21-16(24)5-6-23-9-13(3)25-14(4)10-23/h7-8,13-14H,5-6,9-10H2,1-4H3,(H,21,24)(H2,20,22,26)/t13-,14+. The van der Waals surface area contributed by atoms with Crippen molar-refractivity contribution in [3.8, 4) is 0 Å². The summed E-state index contributed by atoms with van der Waals surface area (Å²) < 4.78 is 5.69. The molecule has 144 valence electrons. The Morgan fingerprint density at radius 3 is 2.54 bits per heavy atom. The molecule has 0 radical (unpaired) electrons. The fraction of sp³-hybridized carbons (Fsp3) is 0.556. The highest BCUT2D eigenvalue weighted by molar-refractivity contribution is 7.80. The van der Waals surface area contributed by atoms with E-state index in [1.807, 2.05) is 39.8 Å². The number of aryl methyl sites for hydroxylation is 2. The SMILES string of the molecule is Cc1cc(C)c(NC(=S)NNC(=O)CCN2C[C@@H](C)O[C@@H](C)C2)c(Cl)c1. The summed E-state index contributed by atoms with van der Waals surface area (Å²) in [6.07, 6.45) is 0.776. The molecule has 1 aliphatic heterocycles. The second-order valence-electron chi connectivity index (χ2n) is 6.83. The molecule has 0 aliphatic carbocycles. The summed E-state index contributed by atoms with van der Waals surface area (Å²) in [7, 11) is 0. The molecule has 26 heavy (non-hydrogen) atoms. The summed E-state index contributed by atoms with van der Waals surface area (Å²) in [6.45, 7) is 10.4. The number of carbonyl (C=O) groups is 1. The first-order chi connectivity index (χ1) is 12.2. The number of nitrogens with one attached hydrogen (secondary N) is 3. The molecule has 1 heterocycles. The second kappa shape index (κ2) is 9.50. The maximum Gasteiger partial charge on any atom is 0.239 e. The summed E-state index contributed by atoms with van der Waals surface area (Å²) in [5.41, 5.74) is 8.15. The van der Waals surface area contributed by atoms with Crippen LogP contribution in [-0.4, -0.2) is 47.8 Å². The molecule has 1 amide bonds. The predicted octanol–water partition coefficient (Wildman–Crippen LogP) is 2.77. The van der Waals surface area contributed by atoms with E-state index in [-0.39, 0.29) is 18.1 Å². The Labute approximate surface area is 165 Å². The number of benzene rings is 1. The molecule has 1 saturated heterocycles. The van der Waals surface area contributed by atoms with E-state index < -0.39 is 0 Å². The van der Waals surface area contributed by atoms with Gasteiger partial charge >= 0.3 is 0 Å². The molecule has 8 heteroatoms. The van der Waals surface area contributed by atoms with Crippen molar-refractivity contribution in [1.29, 1.82) is 0 Å². The Morgan fingerprint density at radius 1 is 1.27 bits per heavy atom. The molecule has 3 N–H and O–H groups in total. The van der Waals surface area contributed by atoms with E-state index in [2.05, 4.69) is 21.1 Å². The first kappa shape index (κ1) is 20.9. The normalized spacial score (nSPS) is 20.5. The molecule has 2 rings (SSSR count). The Bertz CT molecular complexity index is 638. The van der Waals surface area contributed by atoms with Crippen LogP contribution in [0.5, 0.6) is 0 Å². The topological polar surface area (TPSA) is 65.6 Å². The van der Waals surface area contributed by atoms with Gasteiger partial charge in [-0.2, -0.15) is 0 Å².